The fourth-order valence-corrected chi connectivity index (χ4v) is 9.66. The third-order valence-corrected chi connectivity index (χ3v) is 15.7. The van der Waals surface area contributed by atoms with Crippen LogP contribution in [0.4, 0.5) is 0 Å². The molecule has 22 heteroatoms. The maximum absolute atomic E-state index is 14.6. The smallest absolute Gasteiger partial charge is 0.303 e. The van der Waals surface area contributed by atoms with Crippen molar-refractivity contribution >= 4 is 64.4 Å². The Morgan fingerprint density at radius 3 is 2.06 bits per heavy atom. The molecule has 0 aliphatic carbocycles. The van der Waals surface area contributed by atoms with Gasteiger partial charge in [0, 0.05) is 76.8 Å². The minimum Gasteiger partial charge on any atom is -0.455 e. The fourth-order valence-electron chi connectivity index (χ4n) is 8.82. The minimum absolute atomic E-state index is 0.0691. The Morgan fingerprint density at radius 1 is 0.802 bits per heavy atom. The highest BCUT2D eigenvalue weighted by molar-refractivity contribution is 7.09. The number of esters is 1. The first kappa shape index (κ1) is 71.3. The van der Waals surface area contributed by atoms with Crippen molar-refractivity contribution in [1.29, 1.82) is 0 Å². The monoisotopic (exact) mass is 1160 g/mol. The van der Waals surface area contributed by atoms with Crippen LogP contribution < -0.4 is 31.9 Å². The predicted molar refractivity (Wildman–Crippen MR) is 313 cm³/mol. The second-order valence-electron chi connectivity index (χ2n) is 22.2. The van der Waals surface area contributed by atoms with E-state index in [1.165, 1.54) is 21.0 Å². The lowest BCUT2D eigenvalue weighted by Gasteiger charge is -2.40. The number of hydrogen-bond donors (Lipinski definition) is 6. The molecule has 21 nitrogen and oxygen atoms in total. The van der Waals surface area contributed by atoms with E-state index >= 15 is 0 Å². The van der Waals surface area contributed by atoms with Crippen LogP contribution in [0.3, 0.4) is 0 Å². The predicted octanol–water partition coefficient (Wildman–Crippen LogP) is 5.37. The van der Waals surface area contributed by atoms with E-state index in [2.05, 4.69) is 31.9 Å². The van der Waals surface area contributed by atoms with Crippen molar-refractivity contribution in [2.24, 2.45) is 17.8 Å². The van der Waals surface area contributed by atoms with E-state index in [1.807, 2.05) is 79.9 Å². The summed E-state index contributed by atoms with van der Waals surface area (Å²) in [6.45, 7) is 21.0. The number of methoxy groups -OCH3 is 1. The summed E-state index contributed by atoms with van der Waals surface area (Å²) in [6, 6.07) is 4.04. The fraction of sp³-hybridized carbons (Fsp3) is 0.695. The van der Waals surface area contributed by atoms with E-state index in [9.17, 15) is 43.2 Å². The number of benzene rings is 1. The molecule has 4 unspecified atom stereocenters. The molecule has 1 heterocycles. The van der Waals surface area contributed by atoms with Crippen molar-refractivity contribution < 1.29 is 57.4 Å². The summed E-state index contributed by atoms with van der Waals surface area (Å²) in [5.74, 6) is -4.27. The molecule has 0 radical (unpaired) electrons. The number of likely N-dealkylation sites (N-methyl/N-ethyl adjacent to an activating group) is 2. The van der Waals surface area contributed by atoms with Crippen molar-refractivity contribution in [3.05, 3.63) is 51.5 Å². The van der Waals surface area contributed by atoms with Gasteiger partial charge < -0.3 is 51.0 Å². The zero-order valence-corrected chi connectivity index (χ0v) is 51.9. The maximum atomic E-state index is 14.6. The van der Waals surface area contributed by atoms with Crippen molar-refractivity contribution in [3.8, 4) is 0 Å². The number of unbranched alkanes of at least 4 members (excludes halogenated alkanes) is 2. The highest BCUT2D eigenvalue weighted by Crippen LogP contribution is 2.32. The molecule has 8 atom stereocenters. The number of rotatable bonds is 39. The van der Waals surface area contributed by atoms with Crippen molar-refractivity contribution in [2.45, 2.75) is 189 Å². The van der Waals surface area contributed by atoms with Gasteiger partial charge in [-0.05, 0) is 111 Å². The molecule has 1 aromatic carbocycles. The van der Waals surface area contributed by atoms with Crippen molar-refractivity contribution in [1.82, 2.24) is 46.7 Å². The van der Waals surface area contributed by atoms with Gasteiger partial charge in [-0.15, -0.1) is 11.3 Å². The topological polar surface area (TPSA) is 273 Å². The van der Waals surface area contributed by atoms with Gasteiger partial charge in [0.05, 0.1) is 24.8 Å². The molecule has 2 rings (SSSR count). The van der Waals surface area contributed by atoms with Gasteiger partial charge in [-0.3, -0.25) is 48.1 Å². The summed E-state index contributed by atoms with van der Waals surface area (Å²) in [4.78, 5) is 128. The number of amides is 7. The van der Waals surface area contributed by atoms with E-state index < -0.39 is 71.5 Å². The lowest BCUT2D eigenvalue weighted by atomic mass is 9.91. The zero-order chi connectivity index (χ0) is 61.0. The Morgan fingerprint density at radius 2 is 1.47 bits per heavy atom. The number of carbonyl (C=O) groups is 9. The van der Waals surface area contributed by atoms with Gasteiger partial charge in [-0.2, -0.15) is 0 Å². The minimum atomic E-state index is -1.04. The standard InChI is InChI=1S/C59H97N9O12S/c1-16-39(6)52(66-58(77)59(10,11)67(13)14)57(76)68(17-2)47(37(3)4)34-49(80-42(9)69)56-65-46(36-81-56)55(75)63-44(33-43-27-25-38(5)26-28-43)32-40(7)53(73)62-41(8)54(74)64-45(48(70)23-18-19-24-50(71)60-12)22-20-21-29-61-51(72)35-79-31-30-78-15/h25-28,36-37,39-41,44-45,47,49,52H,16-24,29-35H2,1-15H3,(H,60,71)(H,61,72)(H,62,73)(H,63,75)(H,64,74)(H,66,77)/t39?,40?,41?,44-,45?,47-,49-,52+/m1/s1. The number of aryl methyl sites for hydroxylation is 1. The van der Waals surface area contributed by atoms with Crippen molar-refractivity contribution in [2.75, 3.05) is 61.2 Å². The Labute approximate surface area is 485 Å². The van der Waals surface area contributed by atoms with Gasteiger partial charge in [-0.1, -0.05) is 70.9 Å². The summed E-state index contributed by atoms with van der Waals surface area (Å²) >= 11 is 1.15. The average Bonchev–Trinajstić information content (AvgIpc) is 4.00. The highest BCUT2D eigenvalue weighted by atomic mass is 32.1. The molecule has 1 aromatic heterocycles. The Balaban J connectivity index is 2.32. The molecule has 0 saturated carbocycles. The molecular formula is C59H97N9O12S. The van der Waals surface area contributed by atoms with Crippen LogP contribution >= 0.6 is 11.3 Å². The first-order valence-electron chi connectivity index (χ1n) is 28.7. The number of thiazole rings is 1. The van der Waals surface area contributed by atoms with Crippen LogP contribution in [0.25, 0.3) is 0 Å². The molecule has 0 fully saturated rings. The number of nitrogens with zero attached hydrogens (tertiary/aromatic N) is 3. The third-order valence-electron chi connectivity index (χ3n) is 14.8. The van der Waals surface area contributed by atoms with E-state index in [0.29, 0.717) is 63.2 Å². The Bertz CT molecular complexity index is 2330. The largest absolute Gasteiger partial charge is 0.455 e. The first-order chi connectivity index (χ1) is 38.2. The normalized spacial score (nSPS) is 14.5. The second kappa shape index (κ2) is 36.6. The molecule has 2 aromatic rings. The lowest BCUT2D eigenvalue weighted by molar-refractivity contribution is -0.150. The lowest BCUT2D eigenvalue weighted by Crippen LogP contribution is -2.60. The molecule has 81 heavy (non-hydrogen) atoms. The second-order valence-corrected chi connectivity index (χ2v) is 23.0. The molecule has 0 aliphatic rings. The van der Waals surface area contributed by atoms with Crippen molar-refractivity contribution in [3.63, 3.8) is 0 Å². The van der Waals surface area contributed by atoms with E-state index in [4.69, 9.17) is 19.2 Å². The molecule has 0 spiro atoms. The summed E-state index contributed by atoms with van der Waals surface area (Å²) in [6.07, 6.45) is 3.05. The van der Waals surface area contributed by atoms with E-state index in [0.717, 1.165) is 22.5 Å². The first-order valence-corrected chi connectivity index (χ1v) is 29.5. The van der Waals surface area contributed by atoms with Gasteiger partial charge >= 0.3 is 5.97 Å². The number of aromatic nitrogens is 1. The molecule has 0 bridgehead atoms. The SMILES string of the molecule is CCC(C)[C@H](NC(=O)C(C)(C)N(C)C)C(=O)N(CC)[C@H](C[C@@H](OC(C)=O)c1nc(C(=O)N[C@@H](Cc2ccc(C)cc2)CC(C)C(=O)NC(C)C(=O)NC(CCCCNC(=O)COCCOC)C(=O)CCCCC(=O)NC)cs1)C(C)C. The van der Waals surface area contributed by atoms with Gasteiger partial charge in [0.15, 0.2) is 11.9 Å². The van der Waals surface area contributed by atoms with Crippen LogP contribution in [0.5, 0.6) is 0 Å². The summed E-state index contributed by atoms with van der Waals surface area (Å²) in [5.41, 5.74) is 1.13. The summed E-state index contributed by atoms with van der Waals surface area (Å²) < 4.78 is 16.1. The van der Waals surface area contributed by atoms with Crippen LogP contribution in [-0.2, 0) is 59.0 Å². The quantitative estimate of drug-likeness (QED) is 0.0363. The molecule has 0 saturated heterocycles. The van der Waals surface area contributed by atoms with Gasteiger partial charge in [0.1, 0.15) is 29.4 Å². The number of ketones is 1. The number of Topliss-reactive ketones (excluding diaryl/α,β-unsaturated/α-hetero) is 1. The molecule has 456 valence electrons. The number of hydrogen-bond acceptors (Lipinski definition) is 15. The van der Waals surface area contributed by atoms with Crippen LogP contribution in [0, 0.1) is 24.7 Å². The van der Waals surface area contributed by atoms with Crippen LogP contribution in [0.2, 0.25) is 0 Å². The number of ether oxygens (including phenoxy) is 3. The van der Waals surface area contributed by atoms with Gasteiger partial charge in [0.2, 0.25) is 35.4 Å². The summed E-state index contributed by atoms with van der Waals surface area (Å²) in [7, 11) is 6.70. The van der Waals surface area contributed by atoms with E-state index in [-0.39, 0.29) is 92.3 Å². The molecule has 6 N–H and O–H groups in total. The van der Waals surface area contributed by atoms with Gasteiger partial charge in [-0.25, -0.2) is 4.98 Å². The average molecular weight is 1160 g/mol. The van der Waals surface area contributed by atoms with Crippen LogP contribution in [-0.4, -0.2) is 165 Å². The third kappa shape index (κ3) is 25.0. The molecule has 7 amide bonds. The van der Waals surface area contributed by atoms with Gasteiger partial charge in [0.25, 0.3) is 5.91 Å². The van der Waals surface area contributed by atoms with Crippen LogP contribution in [0.15, 0.2) is 29.6 Å². The zero-order valence-electron chi connectivity index (χ0n) is 51.0. The maximum Gasteiger partial charge on any atom is 0.303 e. The molecular weight excluding hydrogens is 1060 g/mol. The van der Waals surface area contributed by atoms with E-state index in [1.54, 1.807) is 43.0 Å². The highest BCUT2D eigenvalue weighted by Gasteiger charge is 2.40. The Kier molecular flexibility index (Phi) is 32.2. The number of nitrogens with one attached hydrogen (secondary N) is 6. The molecule has 0 aliphatic heterocycles. The summed E-state index contributed by atoms with van der Waals surface area (Å²) in [5, 5.41) is 19.0. The van der Waals surface area contributed by atoms with Crippen LogP contribution in [0.1, 0.15) is 166 Å². The number of carbonyl (C=O) groups excluding carboxylic acids is 9. The Hall–Kier alpha value is -5.84.